The molecule has 0 atom stereocenters. The first kappa shape index (κ1) is 14.5. The average molecular weight is 341 g/mol. The van der Waals surface area contributed by atoms with Gasteiger partial charge in [-0.2, -0.15) is 4.98 Å². The predicted molar refractivity (Wildman–Crippen MR) is 96.5 cm³/mol. The van der Waals surface area contributed by atoms with Crippen LogP contribution in [0.3, 0.4) is 0 Å². The summed E-state index contributed by atoms with van der Waals surface area (Å²) < 4.78 is 10.8. The summed E-state index contributed by atoms with van der Waals surface area (Å²) in [5.41, 5.74) is 0.997. The summed E-state index contributed by atoms with van der Waals surface area (Å²) in [5, 5.41) is 6.82. The Balaban J connectivity index is 1.72. The molecule has 0 saturated carbocycles. The molecule has 0 bridgehead atoms. The lowest BCUT2D eigenvalue weighted by molar-refractivity contribution is 0.429. The van der Waals surface area contributed by atoms with Gasteiger partial charge in [-0.25, -0.2) is 4.79 Å². The van der Waals surface area contributed by atoms with Crippen LogP contribution in [0.25, 0.3) is 44.6 Å². The fraction of sp³-hybridized carbons (Fsp3) is 0. The molecule has 0 aliphatic heterocycles. The van der Waals surface area contributed by atoms with Crippen molar-refractivity contribution in [2.24, 2.45) is 0 Å². The third-order valence-corrected chi connectivity index (χ3v) is 4.24. The number of aromatic nitrogens is 3. The van der Waals surface area contributed by atoms with E-state index in [9.17, 15) is 4.79 Å². The zero-order valence-corrected chi connectivity index (χ0v) is 13.4. The van der Waals surface area contributed by atoms with Gasteiger partial charge in [-0.15, -0.1) is 0 Å². The minimum absolute atomic E-state index is 0.125. The lowest BCUT2D eigenvalue weighted by Gasteiger charge is -2.03. The van der Waals surface area contributed by atoms with E-state index in [1.54, 1.807) is 36.7 Å². The number of hydrogen-bond donors (Lipinski definition) is 0. The fourth-order valence-corrected chi connectivity index (χ4v) is 2.97. The van der Waals surface area contributed by atoms with Crippen molar-refractivity contribution in [2.75, 3.05) is 0 Å². The number of pyridine rings is 1. The maximum absolute atomic E-state index is 12.4. The maximum Gasteiger partial charge on any atom is 0.349 e. The number of benzene rings is 2. The molecule has 0 aliphatic rings. The van der Waals surface area contributed by atoms with Crippen LogP contribution in [0.5, 0.6) is 0 Å². The average Bonchev–Trinajstić information content (AvgIpc) is 3.18. The van der Waals surface area contributed by atoms with E-state index in [-0.39, 0.29) is 11.5 Å². The Bertz CT molecular complexity index is 1310. The third-order valence-electron chi connectivity index (χ3n) is 4.24. The van der Waals surface area contributed by atoms with Crippen LogP contribution in [0.15, 0.2) is 80.7 Å². The van der Waals surface area contributed by atoms with E-state index >= 15 is 0 Å². The molecular weight excluding hydrogens is 330 g/mol. The van der Waals surface area contributed by atoms with Crippen LogP contribution in [0.1, 0.15) is 0 Å². The van der Waals surface area contributed by atoms with Crippen molar-refractivity contribution < 1.29 is 8.94 Å². The summed E-state index contributed by atoms with van der Waals surface area (Å²) in [6.45, 7) is 0. The van der Waals surface area contributed by atoms with E-state index in [0.29, 0.717) is 11.4 Å². The van der Waals surface area contributed by atoms with Gasteiger partial charge in [0.15, 0.2) is 0 Å². The molecule has 0 unspecified atom stereocenters. The molecule has 26 heavy (non-hydrogen) atoms. The summed E-state index contributed by atoms with van der Waals surface area (Å²) in [5.74, 6) is 0.514. The molecule has 6 heteroatoms. The molecule has 0 radical (unpaired) electrons. The van der Waals surface area contributed by atoms with Crippen LogP contribution in [-0.4, -0.2) is 15.1 Å². The standard InChI is InChI=1S/C20H11N3O3/c24-20-16(19-22-18(23-26-19)13-7-9-21-10-8-13)11-15-14-4-2-1-3-12(14)5-6-17(15)25-20/h1-11H. The van der Waals surface area contributed by atoms with Gasteiger partial charge >= 0.3 is 5.63 Å². The summed E-state index contributed by atoms with van der Waals surface area (Å²) in [4.78, 5) is 20.7. The van der Waals surface area contributed by atoms with Gasteiger partial charge in [-0.3, -0.25) is 4.98 Å². The molecule has 124 valence electrons. The van der Waals surface area contributed by atoms with Crippen LogP contribution in [-0.2, 0) is 0 Å². The van der Waals surface area contributed by atoms with E-state index in [0.717, 1.165) is 21.7 Å². The largest absolute Gasteiger partial charge is 0.422 e. The van der Waals surface area contributed by atoms with E-state index in [2.05, 4.69) is 15.1 Å². The van der Waals surface area contributed by atoms with Gasteiger partial charge < -0.3 is 8.94 Å². The Morgan fingerprint density at radius 2 is 1.73 bits per heavy atom. The lowest BCUT2D eigenvalue weighted by Crippen LogP contribution is -2.03. The molecule has 5 aromatic rings. The lowest BCUT2D eigenvalue weighted by atomic mass is 10.0. The highest BCUT2D eigenvalue weighted by molar-refractivity contribution is 6.06. The van der Waals surface area contributed by atoms with Gasteiger partial charge in [0.05, 0.1) is 0 Å². The second-order valence-corrected chi connectivity index (χ2v) is 5.81. The van der Waals surface area contributed by atoms with Gasteiger partial charge in [-0.1, -0.05) is 35.5 Å². The Hall–Kier alpha value is -3.80. The Kier molecular flexibility index (Phi) is 3.15. The van der Waals surface area contributed by atoms with E-state index in [1.807, 2.05) is 30.3 Å². The highest BCUT2D eigenvalue weighted by Crippen LogP contribution is 2.28. The number of fused-ring (bicyclic) bond motifs is 3. The van der Waals surface area contributed by atoms with Gasteiger partial charge in [-0.05, 0) is 35.0 Å². The second kappa shape index (κ2) is 5.63. The van der Waals surface area contributed by atoms with E-state index in [1.165, 1.54) is 0 Å². The minimum atomic E-state index is -0.516. The number of hydrogen-bond acceptors (Lipinski definition) is 6. The van der Waals surface area contributed by atoms with Gasteiger partial charge in [0, 0.05) is 23.3 Å². The first-order valence-corrected chi connectivity index (χ1v) is 8.00. The summed E-state index contributed by atoms with van der Waals surface area (Å²) in [6, 6.07) is 16.9. The van der Waals surface area contributed by atoms with Crippen molar-refractivity contribution in [3.05, 3.63) is 77.4 Å². The van der Waals surface area contributed by atoms with Crippen molar-refractivity contribution in [1.29, 1.82) is 0 Å². The van der Waals surface area contributed by atoms with E-state index < -0.39 is 5.63 Å². The zero-order chi connectivity index (χ0) is 17.5. The normalized spacial score (nSPS) is 11.2. The SMILES string of the molecule is O=c1oc2ccc3ccccc3c2cc1-c1nc(-c2ccncc2)no1. The first-order valence-electron chi connectivity index (χ1n) is 8.00. The van der Waals surface area contributed by atoms with Crippen LogP contribution < -0.4 is 5.63 Å². The van der Waals surface area contributed by atoms with E-state index in [4.69, 9.17) is 8.94 Å². The minimum Gasteiger partial charge on any atom is -0.422 e. The van der Waals surface area contributed by atoms with Crippen LogP contribution in [0.4, 0.5) is 0 Å². The molecule has 3 aromatic heterocycles. The van der Waals surface area contributed by atoms with Crippen molar-refractivity contribution in [3.8, 4) is 22.8 Å². The highest BCUT2D eigenvalue weighted by atomic mass is 16.5. The van der Waals surface area contributed by atoms with Crippen molar-refractivity contribution in [2.45, 2.75) is 0 Å². The van der Waals surface area contributed by atoms with Crippen LogP contribution >= 0.6 is 0 Å². The summed E-state index contributed by atoms with van der Waals surface area (Å²) >= 11 is 0. The topological polar surface area (TPSA) is 82.0 Å². The Morgan fingerprint density at radius 3 is 2.62 bits per heavy atom. The fourth-order valence-electron chi connectivity index (χ4n) is 2.97. The maximum atomic E-state index is 12.4. The van der Waals surface area contributed by atoms with Crippen molar-refractivity contribution in [3.63, 3.8) is 0 Å². The summed E-state index contributed by atoms with van der Waals surface area (Å²) in [6.07, 6.45) is 3.28. The second-order valence-electron chi connectivity index (χ2n) is 5.81. The number of rotatable bonds is 2. The number of nitrogens with zero attached hydrogens (tertiary/aromatic N) is 3. The molecule has 0 N–H and O–H groups in total. The quantitative estimate of drug-likeness (QED) is 0.356. The molecule has 3 heterocycles. The first-order chi connectivity index (χ1) is 12.8. The summed E-state index contributed by atoms with van der Waals surface area (Å²) in [7, 11) is 0. The van der Waals surface area contributed by atoms with Crippen LogP contribution in [0, 0.1) is 0 Å². The van der Waals surface area contributed by atoms with Crippen molar-refractivity contribution >= 4 is 21.7 Å². The molecule has 2 aromatic carbocycles. The Labute approximate surface area is 146 Å². The smallest absolute Gasteiger partial charge is 0.349 e. The third kappa shape index (κ3) is 2.28. The molecular formula is C20H11N3O3. The molecule has 0 spiro atoms. The Morgan fingerprint density at radius 1 is 0.885 bits per heavy atom. The monoisotopic (exact) mass is 341 g/mol. The highest BCUT2D eigenvalue weighted by Gasteiger charge is 2.17. The molecule has 5 rings (SSSR count). The molecule has 0 saturated heterocycles. The molecule has 0 aliphatic carbocycles. The van der Waals surface area contributed by atoms with Crippen molar-refractivity contribution in [1.82, 2.24) is 15.1 Å². The molecule has 6 nitrogen and oxygen atoms in total. The predicted octanol–water partition coefficient (Wildman–Crippen LogP) is 4.06. The zero-order valence-electron chi connectivity index (χ0n) is 13.4. The van der Waals surface area contributed by atoms with Crippen LogP contribution in [0.2, 0.25) is 0 Å². The van der Waals surface area contributed by atoms with Gasteiger partial charge in [0.1, 0.15) is 11.1 Å². The molecule has 0 amide bonds. The van der Waals surface area contributed by atoms with Gasteiger partial charge in [0.25, 0.3) is 5.89 Å². The molecule has 0 fully saturated rings. The van der Waals surface area contributed by atoms with Gasteiger partial charge in [0.2, 0.25) is 5.82 Å².